The first-order valence-corrected chi connectivity index (χ1v) is 7.45. The molecular weight excluding hydrogens is 336 g/mol. The van der Waals surface area contributed by atoms with Crippen LogP contribution >= 0.6 is 0 Å². The number of aromatic nitrogens is 1. The van der Waals surface area contributed by atoms with Gasteiger partial charge in [0.05, 0.1) is 11.6 Å². The number of pyridine rings is 1. The largest absolute Gasteiger partial charge is 0.433 e. The highest BCUT2D eigenvalue weighted by Crippen LogP contribution is 2.63. The van der Waals surface area contributed by atoms with E-state index in [2.05, 4.69) is 4.98 Å². The summed E-state index contributed by atoms with van der Waals surface area (Å²) in [4.78, 5) is 4.80. The van der Waals surface area contributed by atoms with E-state index in [-0.39, 0.29) is 23.9 Å². The zero-order chi connectivity index (χ0) is 17.4. The minimum Gasteiger partial charge on any atom is -0.337 e. The lowest BCUT2D eigenvalue weighted by atomic mass is 9.98. The molecule has 0 radical (unpaired) electrons. The van der Waals surface area contributed by atoms with Gasteiger partial charge in [-0.1, -0.05) is 0 Å². The third kappa shape index (κ3) is 2.15. The average molecular weight is 347 g/mol. The van der Waals surface area contributed by atoms with Crippen LogP contribution in [0.25, 0.3) is 0 Å². The minimum absolute atomic E-state index is 0.00989. The zero-order valence-electron chi connectivity index (χ0n) is 12.1. The second-order valence-electron chi connectivity index (χ2n) is 6.61. The van der Waals surface area contributed by atoms with E-state index >= 15 is 0 Å². The summed E-state index contributed by atoms with van der Waals surface area (Å²) in [5.41, 5.74) is -2.98. The highest BCUT2D eigenvalue weighted by Gasteiger charge is 2.65. The lowest BCUT2D eigenvalue weighted by Crippen LogP contribution is -2.42. The summed E-state index contributed by atoms with van der Waals surface area (Å²) in [6.07, 6.45) is -8.39. The second kappa shape index (κ2) is 4.55. The molecule has 0 aromatic carbocycles. The summed E-state index contributed by atoms with van der Waals surface area (Å²) >= 11 is 0. The van der Waals surface area contributed by atoms with Crippen LogP contribution in [0.3, 0.4) is 0 Å². The minimum atomic E-state index is -4.99. The van der Waals surface area contributed by atoms with Crippen molar-refractivity contribution in [3.05, 3.63) is 23.4 Å². The van der Waals surface area contributed by atoms with E-state index in [0.29, 0.717) is 18.4 Å². The molecule has 1 saturated heterocycles. The van der Waals surface area contributed by atoms with E-state index < -0.39 is 35.5 Å². The SMILES string of the molecule is N#C[C@@H]1[C@@H]2C[C@@H](C3CC32)N1c1cc(C(F)(F)F)cc(C(F)(F)F)n1. The molecule has 2 bridgehead atoms. The molecule has 5 atom stereocenters. The van der Waals surface area contributed by atoms with Gasteiger partial charge in [-0.25, -0.2) is 4.98 Å². The van der Waals surface area contributed by atoms with Crippen molar-refractivity contribution >= 4 is 5.82 Å². The first kappa shape index (κ1) is 15.5. The lowest BCUT2D eigenvalue weighted by molar-refractivity contribution is -0.145. The zero-order valence-corrected chi connectivity index (χ0v) is 12.1. The summed E-state index contributed by atoms with van der Waals surface area (Å²) < 4.78 is 77.9. The van der Waals surface area contributed by atoms with Gasteiger partial charge in [0.2, 0.25) is 0 Å². The van der Waals surface area contributed by atoms with Gasteiger partial charge in [-0.05, 0) is 42.7 Å². The van der Waals surface area contributed by atoms with Crippen molar-refractivity contribution in [2.75, 3.05) is 4.90 Å². The first-order chi connectivity index (χ1) is 11.1. The van der Waals surface area contributed by atoms with Crippen molar-refractivity contribution in [2.45, 2.75) is 37.3 Å². The van der Waals surface area contributed by atoms with Crippen molar-refractivity contribution in [1.29, 1.82) is 5.26 Å². The van der Waals surface area contributed by atoms with Crippen molar-refractivity contribution in [3.8, 4) is 6.07 Å². The number of nitrogens with zero attached hydrogens (tertiary/aromatic N) is 3. The molecule has 2 saturated carbocycles. The molecule has 9 heteroatoms. The molecule has 0 N–H and O–H groups in total. The van der Waals surface area contributed by atoms with Gasteiger partial charge in [0.15, 0.2) is 0 Å². The van der Waals surface area contributed by atoms with Crippen LogP contribution in [0.15, 0.2) is 12.1 Å². The van der Waals surface area contributed by atoms with Gasteiger partial charge in [0.1, 0.15) is 17.6 Å². The standard InChI is InChI=1S/C15H11F6N3/c16-14(17,18)6-1-12(15(19,20)21)23-13(2-6)24-10-4-9(11(24)5-22)7-3-8(7)10/h1-2,7-11H,3-4H2/t7?,8?,9-,10+,11-/m1/s1. The van der Waals surface area contributed by atoms with E-state index in [4.69, 9.17) is 0 Å². The molecule has 3 fully saturated rings. The molecule has 2 aliphatic carbocycles. The van der Waals surface area contributed by atoms with Crippen molar-refractivity contribution in [2.24, 2.45) is 17.8 Å². The maximum Gasteiger partial charge on any atom is 0.433 e. The Labute approximate surface area is 132 Å². The molecule has 24 heavy (non-hydrogen) atoms. The molecule has 0 spiro atoms. The Hall–Kier alpha value is -1.98. The summed E-state index contributed by atoms with van der Waals surface area (Å²) in [6.45, 7) is 0. The number of halogens is 6. The van der Waals surface area contributed by atoms with Gasteiger partial charge < -0.3 is 4.90 Å². The fourth-order valence-corrected chi connectivity index (χ4v) is 4.32. The Morgan fingerprint density at radius 2 is 1.71 bits per heavy atom. The molecule has 2 unspecified atom stereocenters. The van der Waals surface area contributed by atoms with Crippen LogP contribution < -0.4 is 4.90 Å². The quantitative estimate of drug-likeness (QED) is 0.725. The molecule has 0 amide bonds. The van der Waals surface area contributed by atoms with Gasteiger partial charge in [-0.3, -0.25) is 0 Å². The van der Waals surface area contributed by atoms with Crippen LogP contribution in [-0.2, 0) is 12.4 Å². The normalized spacial score (nSPS) is 34.2. The Balaban J connectivity index is 1.82. The topological polar surface area (TPSA) is 39.9 Å². The number of hydrogen-bond acceptors (Lipinski definition) is 3. The van der Waals surface area contributed by atoms with Gasteiger partial charge in [0, 0.05) is 6.04 Å². The van der Waals surface area contributed by atoms with Gasteiger partial charge in [-0.15, -0.1) is 0 Å². The molecule has 1 aromatic heterocycles. The summed E-state index contributed by atoms with van der Waals surface area (Å²) in [6, 6.07) is 1.77. The van der Waals surface area contributed by atoms with Crippen LogP contribution in [-0.4, -0.2) is 17.1 Å². The fraction of sp³-hybridized carbons (Fsp3) is 0.600. The van der Waals surface area contributed by atoms with Crippen molar-refractivity contribution in [1.82, 2.24) is 4.98 Å². The number of rotatable bonds is 1. The number of anilines is 1. The first-order valence-electron chi connectivity index (χ1n) is 7.45. The van der Waals surface area contributed by atoms with E-state index in [1.807, 2.05) is 6.07 Å². The smallest absolute Gasteiger partial charge is 0.337 e. The van der Waals surface area contributed by atoms with Gasteiger partial charge >= 0.3 is 12.4 Å². The Kier molecular flexibility index (Phi) is 2.95. The van der Waals surface area contributed by atoms with Gasteiger partial charge in [0.25, 0.3) is 0 Å². The predicted octanol–water partition coefficient (Wildman–Crippen LogP) is 3.86. The molecule has 4 rings (SSSR count). The molecule has 2 heterocycles. The lowest BCUT2D eigenvalue weighted by Gasteiger charge is -2.32. The highest BCUT2D eigenvalue weighted by molar-refractivity contribution is 5.52. The Bertz CT molecular complexity index is 702. The Morgan fingerprint density at radius 3 is 2.29 bits per heavy atom. The Morgan fingerprint density at radius 1 is 1.00 bits per heavy atom. The number of alkyl halides is 6. The summed E-state index contributed by atoms with van der Waals surface area (Å²) in [5, 5.41) is 9.35. The van der Waals surface area contributed by atoms with Crippen LogP contribution in [0.1, 0.15) is 24.1 Å². The van der Waals surface area contributed by atoms with Gasteiger partial charge in [-0.2, -0.15) is 31.6 Å². The van der Waals surface area contributed by atoms with Crippen LogP contribution in [0.4, 0.5) is 32.2 Å². The van der Waals surface area contributed by atoms with Crippen molar-refractivity contribution in [3.63, 3.8) is 0 Å². The molecule has 1 aliphatic heterocycles. The number of nitriles is 1. The number of fused-ring (bicyclic) bond motifs is 5. The molecule has 1 aromatic rings. The average Bonchev–Trinajstić information content (AvgIpc) is 3.10. The van der Waals surface area contributed by atoms with E-state index in [1.165, 1.54) is 4.90 Å². The van der Waals surface area contributed by atoms with E-state index in [9.17, 15) is 31.6 Å². The van der Waals surface area contributed by atoms with Crippen LogP contribution in [0.5, 0.6) is 0 Å². The van der Waals surface area contributed by atoms with E-state index in [0.717, 1.165) is 6.42 Å². The molecule has 128 valence electrons. The number of piperidine rings is 1. The van der Waals surface area contributed by atoms with Crippen molar-refractivity contribution < 1.29 is 26.3 Å². The molecule has 3 nitrogen and oxygen atoms in total. The predicted molar refractivity (Wildman–Crippen MR) is 69.6 cm³/mol. The maximum atomic E-state index is 13.0. The second-order valence-corrected chi connectivity index (χ2v) is 6.61. The molecule has 3 aliphatic rings. The monoisotopic (exact) mass is 347 g/mol. The van der Waals surface area contributed by atoms with Crippen LogP contribution in [0, 0.1) is 29.1 Å². The highest BCUT2D eigenvalue weighted by atomic mass is 19.4. The summed E-state index contributed by atoms with van der Waals surface area (Å²) in [7, 11) is 0. The van der Waals surface area contributed by atoms with E-state index in [1.54, 1.807) is 0 Å². The summed E-state index contributed by atoms with van der Waals surface area (Å²) in [5.74, 6) is 0.242. The number of hydrogen-bond donors (Lipinski definition) is 0. The van der Waals surface area contributed by atoms with Crippen LogP contribution in [0.2, 0.25) is 0 Å². The molecular formula is C15H11F6N3. The third-order valence-corrected chi connectivity index (χ3v) is 5.34. The maximum absolute atomic E-state index is 13.0. The fourth-order valence-electron chi connectivity index (χ4n) is 4.32. The third-order valence-electron chi connectivity index (χ3n) is 5.34.